The number of benzene rings is 1. The van der Waals surface area contributed by atoms with E-state index in [2.05, 4.69) is 36.3 Å². The molecule has 3 nitrogen and oxygen atoms in total. The van der Waals surface area contributed by atoms with Crippen molar-refractivity contribution < 1.29 is 4.74 Å². The van der Waals surface area contributed by atoms with Gasteiger partial charge >= 0.3 is 0 Å². The summed E-state index contributed by atoms with van der Waals surface area (Å²) in [5.41, 5.74) is 1.74. The molecule has 1 fully saturated rings. The molecule has 1 atom stereocenters. The number of nitrogens with one attached hydrogen (secondary N) is 1. The number of hydrogen-bond acceptors (Lipinski definition) is 3. The second kappa shape index (κ2) is 7.87. The van der Waals surface area contributed by atoms with Gasteiger partial charge in [0, 0.05) is 19.6 Å². The molecule has 4 heteroatoms. The van der Waals surface area contributed by atoms with Crippen LogP contribution in [0, 0.1) is 5.41 Å². The van der Waals surface area contributed by atoms with Gasteiger partial charge in [0.05, 0.1) is 7.11 Å². The highest BCUT2D eigenvalue weighted by molar-refractivity contribution is 5.85. The highest BCUT2D eigenvalue weighted by Gasteiger charge is 2.29. The SMILES string of the molecule is COc1ccccc1CCN(C)CC1(C)CCNC1.Cl. The number of rotatable bonds is 6. The molecule has 20 heavy (non-hydrogen) atoms. The maximum Gasteiger partial charge on any atom is 0.122 e. The Bertz CT molecular complexity index is 405. The third kappa shape index (κ3) is 4.65. The Balaban J connectivity index is 0.00000200. The number of ether oxygens (including phenoxy) is 1. The summed E-state index contributed by atoms with van der Waals surface area (Å²) < 4.78 is 5.40. The molecule has 1 aliphatic rings. The average molecular weight is 299 g/mol. The first-order chi connectivity index (χ1) is 9.13. The van der Waals surface area contributed by atoms with Crippen LogP contribution in [-0.2, 0) is 6.42 Å². The van der Waals surface area contributed by atoms with Crippen LogP contribution in [0.25, 0.3) is 0 Å². The molecule has 0 bridgehead atoms. The molecule has 0 radical (unpaired) electrons. The third-order valence-electron chi connectivity index (χ3n) is 4.06. The molecule has 1 aromatic rings. The van der Waals surface area contributed by atoms with Gasteiger partial charge in [-0.3, -0.25) is 0 Å². The van der Waals surface area contributed by atoms with Gasteiger partial charge < -0.3 is 15.0 Å². The summed E-state index contributed by atoms with van der Waals surface area (Å²) in [6, 6.07) is 8.31. The van der Waals surface area contributed by atoms with E-state index in [1.54, 1.807) is 7.11 Å². The minimum Gasteiger partial charge on any atom is -0.496 e. The molecule has 1 saturated heterocycles. The number of likely N-dealkylation sites (N-methyl/N-ethyl adjacent to an activating group) is 1. The Labute approximate surface area is 129 Å². The summed E-state index contributed by atoms with van der Waals surface area (Å²) >= 11 is 0. The van der Waals surface area contributed by atoms with Crippen LogP contribution in [0.5, 0.6) is 5.75 Å². The van der Waals surface area contributed by atoms with Gasteiger partial charge in [0.2, 0.25) is 0 Å². The normalized spacial score (nSPS) is 21.8. The van der Waals surface area contributed by atoms with Crippen molar-refractivity contribution in [3.05, 3.63) is 29.8 Å². The summed E-state index contributed by atoms with van der Waals surface area (Å²) in [6.45, 7) is 6.93. The van der Waals surface area contributed by atoms with Gasteiger partial charge in [0.15, 0.2) is 0 Å². The third-order valence-corrected chi connectivity index (χ3v) is 4.06. The molecular formula is C16H27ClN2O. The van der Waals surface area contributed by atoms with Crippen LogP contribution >= 0.6 is 12.4 Å². The zero-order valence-electron chi connectivity index (χ0n) is 12.8. The topological polar surface area (TPSA) is 24.5 Å². The van der Waals surface area contributed by atoms with Crippen LogP contribution in [0.4, 0.5) is 0 Å². The molecule has 0 spiro atoms. The van der Waals surface area contributed by atoms with Crippen molar-refractivity contribution in [1.29, 1.82) is 0 Å². The lowest BCUT2D eigenvalue weighted by atomic mass is 9.89. The van der Waals surface area contributed by atoms with E-state index in [-0.39, 0.29) is 12.4 Å². The minimum atomic E-state index is 0. The van der Waals surface area contributed by atoms with Gasteiger partial charge in [-0.25, -0.2) is 0 Å². The lowest BCUT2D eigenvalue weighted by Gasteiger charge is -2.29. The molecule has 0 amide bonds. The summed E-state index contributed by atoms with van der Waals surface area (Å²) in [5.74, 6) is 1.00. The highest BCUT2D eigenvalue weighted by atomic mass is 35.5. The summed E-state index contributed by atoms with van der Waals surface area (Å²) in [4.78, 5) is 2.44. The number of para-hydroxylation sites is 1. The summed E-state index contributed by atoms with van der Waals surface area (Å²) in [5, 5.41) is 3.46. The Morgan fingerprint density at radius 1 is 1.35 bits per heavy atom. The molecular weight excluding hydrogens is 272 g/mol. The minimum absolute atomic E-state index is 0. The standard InChI is InChI=1S/C16H26N2O.ClH/c1-16(9-10-17-12-16)13-18(2)11-8-14-6-4-5-7-15(14)19-3;/h4-7,17H,8-13H2,1-3H3;1H. The van der Waals surface area contributed by atoms with Gasteiger partial charge in [0.1, 0.15) is 5.75 Å². The van der Waals surface area contributed by atoms with Crippen molar-refractivity contribution in [3.8, 4) is 5.75 Å². The van der Waals surface area contributed by atoms with Crippen LogP contribution in [0.3, 0.4) is 0 Å². The first kappa shape index (κ1) is 17.3. The Kier molecular flexibility index (Phi) is 6.80. The average Bonchev–Trinajstić information content (AvgIpc) is 2.83. The molecule has 1 heterocycles. The molecule has 1 aromatic carbocycles. The second-order valence-electron chi connectivity index (χ2n) is 6.04. The van der Waals surface area contributed by atoms with Crippen LogP contribution in [-0.4, -0.2) is 45.2 Å². The van der Waals surface area contributed by atoms with Crippen LogP contribution in [0.15, 0.2) is 24.3 Å². The second-order valence-corrected chi connectivity index (χ2v) is 6.04. The zero-order valence-corrected chi connectivity index (χ0v) is 13.6. The van der Waals surface area contributed by atoms with Crippen molar-refractivity contribution in [2.75, 3.05) is 40.3 Å². The van der Waals surface area contributed by atoms with Crippen LogP contribution < -0.4 is 10.1 Å². The van der Waals surface area contributed by atoms with Crippen molar-refractivity contribution >= 4 is 12.4 Å². The van der Waals surface area contributed by atoms with E-state index in [1.807, 2.05) is 12.1 Å². The highest BCUT2D eigenvalue weighted by Crippen LogP contribution is 2.25. The molecule has 1 aliphatic heterocycles. The van der Waals surface area contributed by atoms with Gasteiger partial charge in [-0.1, -0.05) is 25.1 Å². The Morgan fingerprint density at radius 3 is 2.75 bits per heavy atom. The first-order valence-electron chi connectivity index (χ1n) is 7.14. The molecule has 0 aromatic heterocycles. The quantitative estimate of drug-likeness (QED) is 0.874. The smallest absolute Gasteiger partial charge is 0.122 e. The van der Waals surface area contributed by atoms with E-state index < -0.39 is 0 Å². The van der Waals surface area contributed by atoms with Gasteiger partial charge in [0.25, 0.3) is 0 Å². The van der Waals surface area contributed by atoms with Crippen molar-refractivity contribution in [1.82, 2.24) is 10.2 Å². The largest absolute Gasteiger partial charge is 0.496 e. The van der Waals surface area contributed by atoms with Gasteiger partial charge in [-0.15, -0.1) is 12.4 Å². The van der Waals surface area contributed by atoms with E-state index >= 15 is 0 Å². The predicted molar refractivity (Wildman–Crippen MR) is 87.0 cm³/mol. The predicted octanol–water partition coefficient (Wildman–Crippen LogP) is 2.59. The van der Waals surface area contributed by atoms with E-state index in [1.165, 1.54) is 12.0 Å². The first-order valence-corrected chi connectivity index (χ1v) is 7.14. The van der Waals surface area contributed by atoms with E-state index in [4.69, 9.17) is 4.74 Å². The molecule has 1 N–H and O–H groups in total. The number of nitrogens with zero attached hydrogens (tertiary/aromatic N) is 1. The Hall–Kier alpha value is -0.770. The molecule has 2 rings (SSSR count). The van der Waals surface area contributed by atoms with Crippen molar-refractivity contribution in [2.24, 2.45) is 5.41 Å². The molecule has 0 saturated carbocycles. The zero-order chi connectivity index (χ0) is 13.7. The van der Waals surface area contributed by atoms with E-state index in [0.29, 0.717) is 5.41 Å². The van der Waals surface area contributed by atoms with Gasteiger partial charge in [-0.05, 0) is 43.5 Å². The fourth-order valence-corrected chi connectivity index (χ4v) is 2.96. The van der Waals surface area contributed by atoms with E-state index in [9.17, 15) is 0 Å². The van der Waals surface area contributed by atoms with Crippen molar-refractivity contribution in [2.45, 2.75) is 19.8 Å². The maximum atomic E-state index is 5.40. The number of methoxy groups -OCH3 is 1. The maximum absolute atomic E-state index is 5.40. The fraction of sp³-hybridized carbons (Fsp3) is 0.625. The number of halogens is 1. The van der Waals surface area contributed by atoms with E-state index in [0.717, 1.165) is 38.3 Å². The number of hydrogen-bond donors (Lipinski definition) is 1. The Morgan fingerprint density at radius 2 is 2.10 bits per heavy atom. The summed E-state index contributed by atoms with van der Waals surface area (Å²) in [7, 11) is 3.97. The molecule has 1 unspecified atom stereocenters. The fourth-order valence-electron chi connectivity index (χ4n) is 2.96. The lowest BCUT2D eigenvalue weighted by molar-refractivity contribution is 0.210. The lowest BCUT2D eigenvalue weighted by Crippen LogP contribution is -2.36. The van der Waals surface area contributed by atoms with Gasteiger partial charge in [-0.2, -0.15) is 0 Å². The summed E-state index contributed by atoms with van der Waals surface area (Å²) in [6.07, 6.45) is 2.33. The van der Waals surface area contributed by atoms with Crippen LogP contribution in [0.1, 0.15) is 18.9 Å². The molecule has 114 valence electrons. The van der Waals surface area contributed by atoms with Crippen LogP contribution in [0.2, 0.25) is 0 Å². The molecule has 0 aliphatic carbocycles. The monoisotopic (exact) mass is 298 g/mol. The van der Waals surface area contributed by atoms with Crippen molar-refractivity contribution in [3.63, 3.8) is 0 Å².